The predicted molar refractivity (Wildman–Crippen MR) is 81.0 cm³/mol. The molecule has 5 heteroatoms. The Morgan fingerprint density at radius 1 is 1.32 bits per heavy atom. The average Bonchev–Trinajstić information content (AvgIpc) is 2.50. The monoisotopic (exact) mass is 298 g/mol. The molecule has 1 amide bonds. The average molecular weight is 298 g/mol. The maximum atomic E-state index is 13.7. The van der Waals surface area contributed by atoms with Crippen molar-refractivity contribution < 1.29 is 13.9 Å². The Morgan fingerprint density at radius 2 is 2.09 bits per heavy atom. The number of halogens is 1. The zero-order valence-corrected chi connectivity index (χ0v) is 12.3. The summed E-state index contributed by atoms with van der Waals surface area (Å²) in [6.45, 7) is 3.32. The number of rotatable bonds is 4. The van der Waals surface area contributed by atoms with Crippen molar-refractivity contribution in [2.45, 2.75) is 20.0 Å². The topological polar surface area (TPSA) is 62.1 Å². The molecule has 4 nitrogen and oxygen atoms in total. The van der Waals surface area contributed by atoms with Gasteiger partial charge in [0, 0.05) is 0 Å². The first kappa shape index (κ1) is 15.5. The Hall–Kier alpha value is -2.87. The third-order valence-corrected chi connectivity index (χ3v) is 3.03. The van der Waals surface area contributed by atoms with E-state index in [4.69, 9.17) is 10.00 Å². The standard InChI is InChI=1S/C17H15FN2O2/c1-11-6-7-16(15(18)8-11)20-17(21)12(2)22-14-5-3-4-13(9-14)10-19/h3-9,12H,1-2H3,(H,20,21). The van der Waals surface area contributed by atoms with Crippen LogP contribution in [0, 0.1) is 24.1 Å². The van der Waals surface area contributed by atoms with E-state index in [9.17, 15) is 9.18 Å². The Bertz CT molecular complexity index is 738. The lowest BCUT2D eigenvalue weighted by Crippen LogP contribution is -2.30. The maximum absolute atomic E-state index is 13.7. The van der Waals surface area contributed by atoms with Gasteiger partial charge in [-0.2, -0.15) is 5.26 Å². The van der Waals surface area contributed by atoms with Gasteiger partial charge in [-0.3, -0.25) is 4.79 Å². The SMILES string of the molecule is Cc1ccc(NC(=O)C(C)Oc2cccc(C#N)c2)c(F)c1. The van der Waals surface area contributed by atoms with E-state index in [1.807, 2.05) is 6.07 Å². The van der Waals surface area contributed by atoms with Crippen molar-refractivity contribution in [1.29, 1.82) is 5.26 Å². The van der Waals surface area contributed by atoms with Gasteiger partial charge in [0.25, 0.3) is 5.91 Å². The number of carbonyl (C=O) groups excluding carboxylic acids is 1. The van der Waals surface area contributed by atoms with Crippen molar-refractivity contribution in [3.05, 3.63) is 59.4 Å². The first-order valence-corrected chi connectivity index (χ1v) is 6.73. The summed E-state index contributed by atoms with van der Waals surface area (Å²) in [6, 6.07) is 13.0. The minimum atomic E-state index is -0.824. The van der Waals surface area contributed by atoms with Crippen molar-refractivity contribution >= 4 is 11.6 Å². The first-order valence-electron chi connectivity index (χ1n) is 6.73. The fourth-order valence-electron chi connectivity index (χ4n) is 1.85. The van der Waals surface area contributed by atoms with E-state index in [1.165, 1.54) is 18.2 Å². The summed E-state index contributed by atoms with van der Waals surface area (Å²) in [4.78, 5) is 12.0. The molecule has 0 heterocycles. The van der Waals surface area contributed by atoms with Crippen molar-refractivity contribution in [2.75, 3.05) is 5.32 Å². The van der Waals surface area contributed by atoms with Gasteiger partial charge in [-0.25, -0.2) is 4.39 Å². The Kier molecular flexibility index (Phi) is 4.74. The number of hydrogen-bond donors (Lipinski definition) is 1. The second kappa shape index (κ2) is 6.72. The molecule has 1 N–H and O–H groups in total. The molecule has 0 radical (unpaired) electrons. The molecule has 112 valence electrons. The van der Waals surface area contributed by atoms with E-state index in [-0.39, 0.29) is 5.69 Å². The van der Waals surface area contributed by atoms with Gasteiger partial charge in [-0.15, -0.1) is 0 Å². The number of aryl methyl sites for hydroxylation is 1. The molecule has 0 bridgehead atoms. The molecule has 22 heavy (non-hydrogen) atoms. The van der Waals surface area contributed by atoms with Crippen LogP contribution in [-0.2, 0) is 4.79 Å². The van der Waals surface area contributed by atoms with Crippen LogP contribution in [-0.4, -0.2) is 12.0 Å². The van der Waals surface area contributed by atoms with Crippen molar-refractivity contribution in [3.63, 3.8) is 0 Å². The number of hydrogen-bond acceptors (Lipinski definition) is 3. The van der Waals surface area contributed by atoms with E-state index >= 15 is 0 Å². The molecule has 0 aliphatic carbocycles. The number of anilines is 1. The zero-order chi connectivity index (χ0) is 16.1. The van der Waals surface area contributed by atoms with E-state index < -0.39 is 17.8 Å². The molecule has 0 aliphatic heterocycles. The summed E-state index contributed by atoms with van der Waals surface area (Å²) in [5.41, 5.74) is 1.32. The Balaban J connectivity index is 2.04. The number of carbonyl (C=O) groups is 1. The van der Waals surface area contributed by atoms with E-state index in [1.54, 1.807) is 38.1 Å². The number of nitrogens with zero attached hydrogens (tertiary/aromatic N) is 1. The maximum Gasteiger partial charge on any atom is 0.265 e. The lowest BCUT2D eigenvalue weighted by atomic mass is 10.2. The van der Waals surface area contributed by atoms with Gasteiger partial charge in [-0.05, 0) is 49.7 Å². The highest BCUT2D eigenvalue weighted by Gasteiger charge is 2.16. The van der Waals surface area contributed by atoms with Gasteiger partial charge < -0.3 is 10.1 Å². The predicted octanol–water partition coefficient (Wildman–Crippen LogP) is 3.41. The molecule has 0 saturated heterocycles. The van der Waals surface area contributed by atoms with Crippen LogP contribution in [0.1, 0.15) is 18.1 Å². The second-order valence-electron chi connectivity index (χ2n) is 4.87. The van der Waals surface area contributed by atoms with Gasteiger partial charge in [0.05, 0.1) is 17.3 Å². The zero-order valence-electron chi connectivity index (χ0n) is 12.3. The van der Waals surface area contributed by atoms with Crippen LogP contribution < -0.4 is 10.1 Å². The molecule has 0 saturated carbocycles. The van der Waals surface area contributed by atoms with Gasteiger partial charge in [0.1, 0.15) is 11.6 Å². The van der Waals surface area contributed by atoms with Crippen LogP contribution in [0.3, 0.4) is 0 Å². The second-order valence-corrected chi connectivity index (χ2v) is 4.87. The number of nitriles is 1. The van der Waals surface area contributed by atoms with Gasteiger partial charge in [-0.1, -0.05) is 12.1 Å². The summed E-state index contributed by atoms with van der Waals surface area (Å²) >= 11 is 0. The molecule has 0 fully saturated rings. The molecule has 2 aromatic carbocycles. The molecule has 0 aromatic heterocycles. The quantitative estimate of drug-likeness (QED) is 0.940. The van der Waals surface area contributed by atoms with Crippen LogP contribution in [0.25, 0.3) is 0 Å². The molecular formula is C17H15FN2O2. The van der Waals surface area contributed by atoms with Crippen LogP contribution in [0.5, 0.6) is 5.75 Å². The molecule has 1 unspecified atom stereocenters. The molecular weight excluding hydrogens is 283 g/mol. The molecule has 2 rings (SSSR count). The van der Waals surface area contributed by atoms with Gasteiger partial charge >= 0.3 is 0 Å². The molecule has 2 aromatic rings. The Labute approximate surface area is 128 Å². The van der Waals surface area contributed by atoms with E-state index in [0.29, 0.717) is 11.3 Å². The smallest absolute Gasteiger partial charge is 0.265 e. The summed E-state index contributed by atoms with van der Waals surface area (Å²) in [5.74, 6) is -0.553. The van der Waals surface area contributed by atoms with E-state index in [0.717, 1.165) is 5.56 Å². The molecule has 0 aliphatic rings. The fraction of sp³-hybridized carbons (Fsp3) is 0.176. The largest absolute Gasteiger partial charge is 0.481 e. The van der Waals surface area contributed by atoms with Gasteiger partial charge in [0.15, 0.2) is 6.10 Å². The van der Waals surface area contributed by atoms with Crippen molar-refractivity contribution in [3.8, 4) is 11.8 Å². The summed E-state index contributed by atoms with van der Waals surface area (Å²) in [7, 11) is 0. The van der Waals surface area contributed by atoms with Crippen LogP contribution >= 0.6 is 0 Å². The third-order valence-electron chi connectivity index (χ3n) is 3.03. The highest BCUT2D eigenvalue weighted by molar-refractivity contribution is 5.94. The Morgan fingerprint density at radius 3 is 2.77 bits per heavy atom. The van der Waals surface area contributed by atoms with Crippen LogP contribution in [0.2, 0.25) is 0 Å². The molecule has 0 spiro atoms. The number of benzene rings is 2. The number of amides is 1. The summed E-state index contributed by atoms with van der Waals surface area (Å²) in [5, 5.41) is 11.3. The number of nitrogens with one attached hydrogen (secondary N) is 1. The lowest BCUT2D eigenvalue weighted by Gasteiger charge is -2.15. The first-order chi connectivity index (χ1) is 10.5. The lowest BCUT2D eigenvalue weighted by molar-refractivity contribution is -0.122. The highest BCUT2D eigenvalue weighted by atomic mass is 19.1. The molecule has 1 atom stereocenters. The normalized spacial score (nSPS) is 11.4. The van der Waals surface area contributed by atoms with Crippen LogP contribution in [0.15, 0.2) is 42.5 Å². The van der Waals surface area contributed by atoms with Gasteiger partial charge in [0.2, 0.25) is 0 Å². The summed E-state index contributed by atoms with van der Waals surface area (Å²) in [6.07, 6.45) is -0.824. The van der Waals surface area contributed by atoms with E-state index in [2.05, 4.69) is 5.32 Å². The number of ether oxygens (including phenoxy) is 1. The third kappa shape index (κ3) is 3.83. The van der Waals surface area contributed by atoms with Crippen molar-refractivity contribution in [1.82, 2.24) is 0 Å². The minimum absolute atomic E-state index is 0.108. The minimum Gasteiger partial charge on any atom is -0.481 e. The van der Waals surface area contributed by atoms with Crippen LogP contribution in [0.4, 0.5) is 10.1 Å². The fourth-order valence-corrected chi connectivity index (χ4v) is 1.85. The van der Waals surface area contributed by atoms with Crippen molar-refractivity contribution in [2.24, 2.45) is 0 Å². The summed E-state index contributed by atoms with van der Waals surface area (Å²) < 4.78 is 19.2. The highest BCUT2D eigenvalue weighted by Crippen LogP contribution is 2.17.